The number of aryl methyl sites for hydroxylation is 1. The Morgan fingerprint density at radius 3 is 2.70 bits per heavy atom. The van der Waals surface area contributed by atoms with Crippen molar-refractivity contribution < 1.29 is 19.1 Å². The quantitative estimate of drug-likeness (QED) is 0.405. The van der Waals surface area contributed by atoms with Gasteiger partial charge in [-0.15, -0.1) is 0 Å². The molecule has 0 spiro atoms. The first-order valence-corrected chi connectivity index (χ1v) is 8.52. The van der Waals surface area contributed by atoms with Crippen LogP contribution in [0.5, 0.6) is 17.2 Å². The highest BCUT2D eigenvalue weighted by Crippen LogP contribution is 2.40. The van der Waals surface area contributed by atoms with Gasteiger partial charge in [0, 0.05) is 12.6 Å². The summed E-state index contributed by atoms with van der Waals surface area (Å²) in [6.45, 7) is 1.38. The summed E-state index contributed by atoms with van der Waals surface area (Å²) in [6, 6.07) is 10.2. The number of H-pyrrole nitrogens is 1. The van der Waals surface area contributed by atoms with Gasteiger partial charge in [0.1, 0.15) is 13.2 Å². The van der Waals surface area contributed by atoms with Gasteiger partial charge in [-0.2, -0.15) is 0 Å². The van der Waals surface area contributed by atoms with Crippen LogP contribution in [0.2, 0.25) is 0 Å². The predicted molar refractivity (Wildman–Crippen MR) is 96.8 cm³/mol. The molecular weight excluding hydrogens is 354 g/mol. The summed E-state index contributed by atoms with van der Waals surface area (Å²) in [5, 5.41) is 11.3. The van der Waals surface area contributed by atoms with Crippen molar-refractivity contribution in [1.29, 1.82) is 0 Å². The van der Waals surface area contributed by atoms with Crippen LogP contribution in [0.4, 0.5) is 5.69 Å². The highest BCUT2D eigenvalue weighted by Gasteiger charge is 2.23. The number of rotatable bonds is 6. The Bertz CT molecular complexity index is 1050. The Labute approximate surface area is 153 Å². The number of imidazole rings is 1. The summed E-state index contributed by atoms with van der Waals surface area (Å²) in [6.07, 6.45) is 0.507. The van der Waals surface area contributed by atoms with Crippen LogP contribution in [0.3, 0.4) is 0 Å². The number of fused-ring (bicyclic) bond motifs is 2. The molecule has 0 amide bonds. The molecule has 4 rings (SSSR count). The number of nitro benzene ring substituents is 1. The number of hydrogen-bond acceptors (Lipinski definition) is 6. The van der Waals surface area contributed by atoms with E-state index < -0.39 is 4.92 Å². The molecule has 9 nitrogen and oxygen atoms in total. The molecule has 1 aromatic heterocycles. The number of aromatic amines is 1. The topological polar surface area (TPSA) is 109 Å². The maximum Gasteiger partial charge on any atom is 0.326 e. The van der Waals surface area contributed by atoms with Gasteiger partial charge in [-0.3, -0.25) is 14.7 Å². The molecule has 2 aromatic carbocycles. The van der Waals surface area contributed by atoms with E-state index in [1.807, 2.05) is 24.3 Å². The third-order valence-corrected chi connectivity index (χ3v) is 4.29. The normalized spacial score (nSPS) is 12.9. The number of hydrogen-bond donors (Lipinski definition) is 1. The third kappa shape index (κ3) is 3.31. The first-order valence-electron chi connectivity index (χ1n) is 8.52. The Kier molecular flexibility index (Phi) is 4.41. The summed E-state index contributed by atoms with van der Waals surface area (Å²) < 4.78 is 18.1. The third-order valence-electron chi connectivity index (χ3n) is 4.29. The number of aromatic nitrogens is 2. The monoisotopic (exact) mass is 371 g/mol. The first-order chi connectivity index (χ1) is 13.1. The number of nitrogens with zero attached hydrogens (tertiary/aromatic N) is 2. The van der Waals surface area contributed by atoms with Crippen molar-refractivity contribution >= 4 is 16.7 Å². The molecule has 0 saturated carbocycles. The van der Waals surface area contributed by atoms with Gasteiger partial charge in [-0.25, -0.2) is 4.79 Å². The average molecular weight is 371 g/mol. The van der Waals surface area contributed by atoms with Crippen LogP contribution in [0, 0.1) is 10.1 Å². The molecule has 0 radical (unpaired) electrons. The van der Waals surface area contributed by atoms with Gasteiger partial charge in [0.25, 0.3) is 0 Å². The molecule has 0 unspecified atom stereocenters. The van der Waals surface area contributed by atoms with Crippen LogP contribution in [0.25, 0.3) is 11.0 Å². The van der Waals surface area contributed by atoms with E-state index in [1.165, 1.54) is 12.1 Å². The van der Waals surface area contributed by atoms with E-state index >= 15 is 0 Å². The van der Waals surface area contributed by atoms with Crippen molar-refractivity contribution in [3.8, 4) is 17.2 Å². The maximum absolute atomic E-state index is 12.1. The van der Waals surface area contributed by atoms with Gasteiger partial charge in [0.05, 0.1) is 28.6 Å². The van der Waals surface area contributed by atoms with Gasteiger partial charge in [0.2, 0.25) is 5.75 Å². The lowest BCUT2D eigenvalue weighted by molar-refractivity contribution is -0.386. The molecule has 0 fully saturated rings. The molecule has 1 aliphatic heterocycles. The Morgan fingerprint density at radius 1 is 1.19 bits per heavy atom. The highest BCUT2D eigenvalue weighted by molar-refractivity contribution is 5.74. The standard InChI is InChI=1S/C18H17N3O6/c22-18-19-12-4-1-2-5-13(12)20(18)6-3-7-25-15-11-17-16(26-8-9-27-17)10-14(15)21(23)24/h1-2,4-5,10-11H,3,6-9H2,(H,19,22). The summed E-state index contributed by atoms with van der Waals surface area (Å²) in [5.74, 6) is 0.885. The minimum atomic E-state index is -0.516. The number of benzene rings is 2. The van der Waals surface area contributed by atoms with E-state index in [4.69, 9.17) is 14.2 Å². The van der Waals surface area contributed by atoms with Crippen LogP contribution in [0.1, 0.15) is 6.42 Å². The maximum atomic E-state index is 12.1. The minimum Gasteiger partial charge on any atom is -0.487 e. The van der Waals surface area contributed by atoms with E-state index in [9.17, 15) is 14.9 Å². The van der Waals surface area contributed by atoms with E-state index in [-0.39, 0.29) is 23.7 Å². The van der Waals surface area contributed by atoms with Gasteiger partial charge in [-0.05, 0) is 18.6 Å². The minimum absolute atomic E-state index is 0.121. The van der Waals surface area contributed by atoms with E-state index in [1.54, 1.807) is 4.57 Å². The Balaban J connectivity index is 1.46. The number of ether oxygens (including phenoxy) is 3. The van der Waals surface area contributed by atoms with Crippen molar-refractivity contribution in [2.45, 2.75) is 13.0 Å². The molecule has 0 aliphatic carbocycles. The smallest absolute Gasteiger partial charge is 0.326 e. The van der Waals surface area contributed by atoms with Crippen LogP contribution in [-0.2, 0) is 6.54 Å². The summed E-state index contributed by atoms with van der Waals surface area (Å²) in [4.78, 5) is 25.6. The van der Waals surface area contributed by atoms with Crippen LogP contribution >= 0.6 is 0 Å². The van der Waals surface area contributed by atoms with Gasteiger partial charge in [0.15, 0.2) is 11.5 Å². The van der Waals surface area contributed by atoms with Crippen LogP contribution < -0.4 is 19.9 Å². The molecule has 27 heavy (non-hydrogen) atoms. The summed E-state index contributed by atoms with van der Waals surface area (Å²) in [5.41, 5.74) is 1.21. The molecular formula is C18H17N3O6. The van der Waals surface area contributed by atoms with Gasteiger partial charge >= 0.3 is 11.4 Å². The first kappa shape index (κ1) is 17.0. The van der Waals surface area contributed by atoms with Gasteiger partial charge < -0.3 is 19.2 Å². The molecule has 1 N–H and O–H groups in total. The molecule has 0 bridgehead atoms. The summed E-state index contributed by atoms with van der Waals surface area (Å²) >= 11 is 0. The van der Waals surface area contributed by atoms with Crippen molar-refractivity contribution in [3.05, 3.63) is 57.0 Å². The molecule has 9 heteroatoms. The largest absolute Gasteiger partial charge is 0.487 e. The molecule has 2 heterocycles. The van der Waals surface area contributed by atoms with E-state index in [0.29, 0.717) is 37.7 Å². The Hall–Kier alpha value is -3.49. The number of nitrogens with one attached hydrogen (secondary N) is 1. The van der Waals surface area contributed by atoms with Gasteiger partial charge in [-0.1, -0.05) is 12.1 Å². The molecule has 1 aliphatic rings. The van der Waals surface area contributed by atoms with E-state index in [2.05, 4.69) is 4.98 Å². The SMILES string of the molecule is O=c1[nH]c2ccccc2n1CCCOc1cc2c(cc1[N+](=O)[O-])OCCO2. The number of nitro groups is 1. The second kappa shape index (κ2) is 7.02. The second-order valence-electron chi connectivity index (χ2n) is 6.02. The molecule has 0 saturated heterocycles. The fourth-order valence-corrected chi connectivity index (χ4v) is 3.05. The molecule has 140 valence electrons. The molecule has 0 atom stereocenters. The van der Waals surface area contributed by atoms with Crippen LogP contribution in [0.15, 0.2) is 41.2 Å². The lowest BCUT2D eigenvalue weighted by Crippen LogP contribution is -2.18. The second-order valence-corrected chi connectivity index (χ2v) is 6.02. The lowest BCUT2D eigenvalue weighted by atomic mass is 10.2. The van der Waals surface area contributed by atoms with E-state index in [0.717, 1.165) is 11.0 Å². The summed E-state index contributed by atoms with van der Waals surface area (Å²) in [7, 11) is 0. The van der Waals surface area contributed by atoms with Crippen molar-refractivity contribution in [1.82, 2.24) is 9.55 Å². The Morgan fingerprint density at radius 2 is 1.93 bits per heavy atom. The fourth-order valence-electron chi connectivity index (χ4n) is 3.05. The van der Waals surface area contributed by atoms with Crippen LogP contribution in [-0.4, -0.2) is 34.3 Å². The zero-order valence-electron chi connectivity index (χ0n) is 14.3. The zero-order valence-corrected chi connectivity index (χ0v) is 14.3. The zero-order chi connectivity index (χ0) is 18.8. The lowest BCUT2D eigenvalue weighted by Gasteiger charge is -2.19. The molecule has 3 aromatic rings. The highest BCUT2D eigenvalue weighted by atomic mass is 16.6. The van der Waals surface area contributed by atoms with Crippen molar-refractivity contribution in [2.75, 3.05) is 19.8 Å². The average Bonchev–Trinajstić information content (AvgIpc) is 2.99. The predicted octanol–water partition coefficient (Wildman–Crippen LogP) is 2.48. The fraction of sp³-hybridized carbons (Fsp3) is 0.278. The number of para-hydroxylation sites is 2. The van der Waals surface area contributed by atoms with Crippen molar-refractivity contribution in [3.63, 3.8) is 0 Å². The van der Waals surface area contributed by atoms with Crippen molar-refractivity contribution in [2.24, 2.45) is 0 Å².